The molecule has 1 aromatic heterocycles. The number of nitrogens with zero attached hydrogens (tertiary/aromatic N) is 1. The Labute approximate surface area is 132 Å². The maximum absolute atomic E-state index is 12.3. The number of carboxylic acids is 1. The van der Waals surface area contributed by atoms with E-state index in [1.807, 2.05) is 11.4 Å². The van der Waals surface area contributed by atoms with Crippen molar-refractivity contribution in [2.75, 3.05) is 13.7 Å². The molecule has 7 heteroatoms. The van der Waals surface area contributed by atoms with Gasteiger partial charge in [-0.05, 0) is 18.9 Å². The van der Waals surface area contributed by atoms with Crippen LogP contribution in [0, 0.1) is 0 Å². The molecule has 116 valence electrons. The number of halogens is 1. The number of amides is 1. The molecule has 0 spiro atoms. The lowest BCUT2D eigenvalue weighted by molar-refractivity contribution is -0.139. The van der Waals surface area contributed by atoms with Gasteiger partial charge in [-0.1, -0.05) is 11.6 Å². The summed E-state index contributed by atoms with van der Waals surface area (Å²) in [6, 6.07) is 1.59. The van der Waals surface area contributed by atoms with Crippen molar-refractivity contribution in [3.05, 3.63) is 21.3 Å². The first-order valence-electron chi connectivity index (χ1n) is 6.76. The average Bonchev–Trinajstić information content (AvgIpc) is 3.02. The molecule has 21 heavy (non-hydrogen) atoms. The van der Waals surface area contributed by atoms with Crippen LogP contribution >= 0.6 is 22.9 Å². The van der Waals surface area contributed by atoms with Crippen molar-refractivity contribution in [2.24, 2.45) is 0 Å². The number of aryl methyl sites for hydroxylation is 1. The molecule has 0 aliphatic carbocycles. The van der Waals surface area contributed by atoms with Gasteiger partial charge in [0.1, 0.15) is 0 Å². The minimum Gasteiger partial charge on any atom is -0.481 e. The summed E-state index contributed by atoms with van der Waals surface area (Å²) in [6.07, 6.45) is 1.47. The molecule has 2 atom stereocenters. The molecule has 1 fully saturated rings. The highest BCUT2D eigenvalue weighted by atomic mass is 35.5. The average molecular weight is 332 g/mol. The van der Waals surface area contributed by atoms with Gasteiger partial charge in [0.15, 0.2) is 0 Å². The highest BCUT2D eigenvalue weighted by Crippen LogP contribution is 2.25. The summed E-state index contributed by atoms with van der Waals surface area (Å²) in [5, 5.41) is 11.5. The van der Waals surface area contributed by atoms with Crippen molar-refractivity contribution in [3.8, 4) is 0 Å². The van der Waals surface area contributed by atoms with Crippen LogP contribution < -0.4 is 0 Å². The van der Waals surface area contributed by atoms with E-state index in [1.165, 1.54) is 11.3 Å². The number of thiophene rings is 1. The zero-order valence-corrected chi connectivity index (χ0v) is 13.3. The van der Waals surface area contributed by atoms with Crippen LogP contribution in [0.4, 0.5) is 0 Å². The number of carbonyl (C=O) groups excluding carboxylic acids is 1. The standard InChI is InChI=1S/C14H18ClNO4S/c1-20-11-5-10(6-14(18)19)16(7-11)13(17)3-2-12-4-9(15)8-21-12/h4,8,10-11H,2-3,5-7H2,1H3,(H,18,19). The van der Waals surface area contributed by atoms with Crippen LogP contribution in [0.5, 0.6) is 0 Å². The third-order valence-electron chi connectivity index (χ3n) is 3.65. The van der Waals surface area contributed by atoms with E-state index in [4.69, 9.17) is 21.4 Å². The lowest BCUT2D eigenvalue weighted by atomic mass is 10.1. The number of carbonyl (C=O) groups is 2. The van der Waals surface area contributed by atoms with E-state index in [9.17, 15) is 9.59 Å². The first-order valence-corrected chi connectivity index (χ1v) is 8.02. The summed E-state index contributed by atoms with van der Waals surface area (Å²) in [7, 11) is 1.59. The highest BCUT2D eigenvalue weighted by Gasteiger charge is 2.36. The normalized spacial score (nSPS) is 21.7. The zero-order chi connectivity index (χ0) is 15.4. The van der Waals surface area contributed by atoms with Crippen molar-refractivity contribution in [1.29, 1.82) is 0 Å². The van der Waals surface area contributed by atoms with E-state index in [-0.39, 0.29) is 24.5 Å². The monoisotopic (exact) mass is 331 g/mol. The van der Waals surface area contributed by atoms with Gasteiger partial charge in [0.05, 0.1) is 17.5 Å². The van der Waals surface area contributed by atoms with Crippen molar-refractivity contribution in [2.45, 2.75) is 37.8 Å². The fourth-order valence-electron chi connectivity index (χ4n) is 2.60. The molecule has 1 N–H and O–H groups in total. The van der Waals surface area contributed by atoms with Gasteiger partial charge in [-0.2, -0.15) is 0 Å². The molecule has 2 heterocycles. The van der Waals surface area contributed by atoms with E-state index >= 15 is 0 Å². The first-order chi connectivity index (χ1) is 9.99. The fraction of sp³-hybridized carbons (Fsp3) is 0.571. The summed E-state index contributed by atoms with van der Waals surface area (Å²) in [4.78, 5) is 25.9. The molecule has 0 aromatic carbocycles. The molecule has 0 bridgehead atoms. The van der Waals surface area contributed by atoms with Crippen LogP contribution in [0.1, 0.15) is 24.1 Å². The molecule has 1 amide bonds. The Hall–Kier alpha value is -1.11. The molecule has 2 unspecified atom stereocenters. The highest BCUT2D eigenvalue weighted by molar-refractivity contribution is 7.10. The molecule has 1 aromatic rings. The van der Waals surface area contributed by atoms with Gasteiger partial charge in [0.2, 0.25) is 5.91 Å². The summed E-state index contributed by atoms with van der Waals surface area (Å²) in [5.74, 6) is -0.912. The van der Waals surface area contributed by atoms with E-state index < -0.39 is 5.97 Å². The Kier molecular flexibility index (Phi) is 5.61. The zero-order valence-electron chi connectivity index (χ0n) is 11.8. The van der Waals surface area contributed by atoms with Gasteiger partial charge in [0.25, 0.3) is 0 Å². The Morgan fingerprint density at radius 2 is 2.33 bits per heavy atom. The van der Waals surface area contributed by atoms with Gasteiger partial charge < -0.3 is 14.7 Å². The number of hydrogen-bond donors (Lipinski definition) is 1. The van der Waals surface area contributed by atoms with Gasteiger partial charge in [-0.3, -0.25) is 9.59 Å². The second-order valence-corrected chi connectivity index (χ2v) is 6.55. The van der Waals surface area contributed by atoms with Crippen molar-refractivity contribution < 1.29 is 19.4 Å². The van der Waals surface area contributed by atoms with Crippen LogP contribution in [0.3, 0.4) is 0 Å². The minimum atomic E-state index is -0.889. The maximum atomic E-state index is 12.3. The smallest absolute Gasteiger partial charge is 0.305 e. The molecular formula is C14H18ClNO4S. The quantitative estimate of drug-likeness (QED) is 0.869. The number of methoxy groups -OCH3 is 1. The molecule has 5 nitrogen and oxygen atoms in total. The summed E-state index contributed by atoms with van der Waals surface area (Å²) in [6.45, 7) is 0.471. The van der Waals surface area contributed by atoms with E-state index in [2.05, 4.69) is 0 Å². The Morgan fingerprint density at radius 3 is 2.90 bits per heavy atom. The van der Waals surface area contributed by atoms with Crippen LogP contribution in [0.2, 0.25) is 5.02 Å². The second-order valence-electron chi connectivity index (χ2n) is 5.12. The number of ether oxygens (including phenoxy) is 1. The number of carboxylic acid groups (broad SMARTS) is 1. The van der Waals surface area contributed by atoms with Crippen molar-refractivity contribution in [1.82, 2.24) is 4.90 Å². The van der Waals surface area contributed by atoms with Gasteiger partial charge >= 0.3 is 5.97 Å². The van der Waals surface area contributed by atoms with Crippen LogP contribution in [0.25, 0.3) is 0 Å². The second kappa shape index (κ2) is 7.24. The third-order valence-corrected chi connectivity index (χ3v) is 4.99. The Morgan fingerprint density at radius 1 is 1.57 bits per heavy atom. The lowest BCUT2D eigenvalue weighted by Gasteiger charge is -2.23. The topological polar surface area (TPSA) is 66.8 Å². The molecule has 0 radical (unpaired) electrons. The summed E-state index contributed by atoms with van der Waals surface area (Å²) < 4.78 is 5.27. The van der Waals surface area contributed by atoms with Gasteiger partial charge in [-0.15, -0.1) is 11.3 Å². The Balaban J connectivity index is 1.93. The largest absolute Gasteiger partial charge is 0.481 e. The number of likely N-dealkylation sites (tertiary alicyclic amines) is 1. The Bertz CT molecular complexity index is 519. The summed E-state index contributed by atoms with van der Waals surface area (Å²) in [5.41, 5.74) is 0. The third kappa shape index (κ3) is 4.43. The molecule has 1 aliphatic rings. The molecule has 1 aliphatic heterocycles. The summed E-state index contributed by atoms with van der Waals surface area (Å²) >= 11 is 7.38. The van der Waals surface area contributed by atoms with E-state index in [0.717, 1.165) is 4.88 Å². The van der Waals surface area contributed by atoms with Crippen LogP contribution in [-0.2, 0) is 20.7 Å². The SMILES string of the molecule is COC1CC(CC(=O)O)N(C(=O)CCc2cc(Cl)cs2)C1. The van der Waals surface area contributed by atoms with Crippen molar-refractivity contribution in [3.63, 3.8) is 0 Å². The van der Waals surface area contributed by atoms with E-state index in [1.54, 1.807) is 12.0 Å². The molecule has 0 saturated carbocycles. The van der Waals surface area contributed by atoms with Crippen LogP contribution in [-0.4, -0.2) is 47.7 Å². The molecule has 1 saturated heterocycles. The van der Waals surface area contributed by atoms with E-state index in [0.29, 0.717) is 30.8 Å². The van der Waals surface area contributed by atoms with Crippen molar-refractivity contribution >= 4 is 34.8 Å². The predicted octanol–water partition coefficient (Wildman–Crippen LogP) is 2.42. The predicted molar refractivity (Wildman–Crippen MR) is 80.8 cm³/mol. The van der Waals surface area contributed by atoms with Gasteiger partial charge in [0, 0.05) is 36.4 Å². The fourth-order valence-corrected chi connectivity index (χ4v) is 3.68. The first kappa shape index (κ1) is 16.3. The minimum absolute atomic E-state index is 0.0228. The maximum Gasteiger partial charge on any atom is 0.305 e. The molecular weight excluding hydrogens is 314 g/mol. The van der Waals surface area contributed by atoms with Crippen LogP contribution in [0.15, 0.2) is 11.4 Å². The number of aliphatic carboxylic acids is 1. The lowest BCUT2D eigenvalue weighted by Crippen LogP contribution is -2.37. The number of hydrogen-bond acceptors (Lipinski definition) is 4. The molecule has 2 rings (SSSR count). The van der Waals surface area contributed by atoms with Gasteiger partial charge in [-0.25, -0.2) is 0 Å². The number of rotatable bonds is 6.